The Hall–Kier alpha value is -1.85. The number of benzene rings is 1. The van der Waals surface area contributed by atoms with Gasteiger partial charge in [-0.05, 0) is 11.1 Å². The molecule has 1 aromatic heterocycles. The van der Waals surface area contributed by atoms with Gasteiger partial charge in [-0.2, -0.15) is 5.10 Å². The van der Waals surface area contributed by atoms with Gasteiger partial charge >= 0.3 is 0 Å². The molecule has 2 heterocycles. The van der Waals surface area contributed by atoms with E-state index in [4.69, 9.17) is 5.73 Å². The van der Waals surface area contributed by atoms with Crippen molar-refractivity contribution in [3.05, 3.63) is 35.9 Å². The average molecular weight is 257 g/mol. The molecule has 0 spiro atoms. The highest BCUT2D eigenvalue weighted by Crippen LogP contribution is 2.19. The molecule has 0 saturated carbocycles. The van der Waals surface area contributed by atoms with Gasteiger partial charge in [-0.1, -0.05) is 24.3 Å². The molecular weight excluding hydrogens is 238 g/mol. The van der Waals surface area contributed by atoms with E-state index in [0.29, 0.717) is 5.82 Å². The topological polar surface area (TPSA) is 70.0 Å². The van der Waals surface area contributed by atoms with Crippen LogP contribution in [0.4, 0.5) is 5.82 Å². The van der Waals surface area contributed by atoms with Gasteiger partial charge in [0.25, 0.3) is 0 Å². The first kappa shape index (κ1) is 12.2. The number of aromatic nitrogens is 2. The summed E-state index contributed by atoms with van der Waals surface area (Å²) in [5, 5.41) is 10.2. The Morgan fingerprint density at radius 2 is 1.89 bits per heavy atom. The van der Waals surface area contributed by atoms with Gasteiger partial charge < -0.3 is 11.1 Å². The second-order valence-electron chi connectivity index (χ2n) is 4.93. The number of aromatic amines is 1. The van der Waals surface area contributed by atoms with Crippen LogP contribution in [0.25, 0.3) is 11.3 Å². The van der Waals surface area contributed by atoms with Crippen molar-refractivity contribution in [3.8, 4) is 11.3 Å². The molecule has 0 unspecified atom stereocenters. The fourth-order valence-electron chi connectivity index (χ4n) is 2.40. The molecule has 0 bridgehead atoms. The molecule has 5 nitrogen and oxygen atoms in total. The van der Waals surface area contributed by atoms with E-state index in [1.54, 1.807) is 0 Å². The van der Waals surface area contributed by atoms with Crippen LogP contribution in [0.3, 0.4) is 0 Å². The number of nitrogen functional groups attached to an aromatic ring is 1. The lowest BCUT2D eigenvalue weighted by atomic mass is 10.1. The monoisotopic (exact) mass is 257 g/mol. The summed E-state index contributed by atoms with van der Waals surface area (Å²) < 4.78 is 0. The summed E-state index contributed by atoms with van der Waals surface area (Å²) in [5.74, 6) is 0.528. The van der Waals surface area contributed by atoms with Crippen molar-refractivity contribution in [1.29, 1.82) is 0 Å². The molecule has 1 aliphatic rings. The standard InChI is InChI=1S/C14H19N5/c15-14-9-13(17-18-14)12-3-1-11(2-4-12)10-19-7-5-16-6-8-19/h1-4,9,16H,5-8,10H2,(H3,15,17,18). The first-order valence-electron chi connectivity index (χ1n) is 6.64. The van der Waals surface area contributed by atoms with E-state index < -0.39 is 0 Å². The van der Waals surface area contributed by atoms with Gasteiger partial charge in [-0.15, -0.1) is 0 Å². The highest BCUT2D eigenvalue weighted by atomic mass is 15.2. The Labute approximate surface area is 112 Å². The second kappa shape index (κ2) is 5.42. The number of nitrogens with zero attached hydrogens (tertiary/aromatic N) is 2. The minimum atomic E-state index is 0.528. The van der Waals surface area contributed by atoms with Crippen molar-refractivity contribution in [3.63, 3.8) is 0 Å². The van der Waals surface area contributed by atoms with Gasteiger partial charge in [0.1, 0.15) is 5.82 Å². The molecule has 1 aromatic carbocycles. The number of anilines is 1. The first-order valence-corrected chi connectivity index (χ1v) is 6.64. The van der Waals surface area contributed by atoms with Gasteiger partial charge in [0.05, 0.1) is 5.69 Å². The van der Waals surface area contributed by atoms with E-state index in [9.17, 15) is 0 Å². The number of hydrogen-bond acceptors (Lipinski definition) is 4. The lowest BCUT2D eigenvalue weighted by Gasteiger charge is -2.27. The zero-order valence-electron chi connectivity index (χ0n) is 10.9. The van der Waals surface area contributed by atoms with Crippen LogP contribution in [0.15, 0.2) is 30.3 Å². The minimum Gasteiger partial charge on any atom is -0.382 e. The van der Waals surface area contributed by atoms with Crippen LogP contribution in [0.2, 0.25) is 0 Å². The highest BCUT2D eigenvalue weighted by molar-refractivity contribution is 5.62. The maximum atomic E-state index is 5.61. The van der Waals surface area contributed by atoms with Crippen molar-refractivity contribution >= 4 is 5.82 Å². The predicted molar refractivity (Wildman–Crippen MR) is 76.6 cm³/mol. The molecule has 19 heavy (non-hydrogen) atoms. The van der Waals surface area contributed by atoms with Gasteiger partial charge in [0.2, 0.25) is 0 Å². The van der Waals surface area contributed by atoms with E-state index in [1.165, 1.54) is 5.56 Å². The molecule has 4 N–H and O–H groups in total. The van der Waals surface area contributed by atoms with E-state index in [2.05, 4.69) is 44.7 Å². The third-order valence-corrected chi connectivity index (χ3v) is 3.48. The van der Waals surface area contributed by atoms with Crippen molar-refractivity contribution in [2.75, 3.05) is 31.9 Å². The number of piperazine rings is 1. The predicted octanol–water partition coefficient (Wildman–Crippen LogP) is 1.06. The number of rotatable bonds is 3. The molecule has 5 heteroatoms. The Morgan fingerprint density at radius 1 is 1.16 bits per heavy atom. The SMILES string of the molecule is Nc1cc(-c2ccc(CN3CCNCC3)cc2)[nH]n1. The quantitative estimate of drug-likeness (QED) is 0.769. The van der Waals surface area contributed by atoms with Crippen LogP contribution < -0.4 is 11.1 Å². The van der Waals surface area contributed by atoms with Crippen LogP contribution in [0.1, 0.15) is 5.56 Å². The van der Waals surface area contributed by atoms with Crippen LogP contribution in [-0.4, -0.2) is 41.3 Å². The Morgan fingerprint density at radius 3 is 2.53 bits per heavy atom. The van der Waals surface area contributed by atoms with Crippen LogP contribution >= 0.6 is 0 Å². The summed E-state index contributed by atoms with van der Waals surface area (Å²) in [4.78, 5) is 2.47. The van der Waals surface area contributed by atoms with Crippen molar-refractivity contribution in [2.24, 2.45) is 0 Å². The molecule has 2 aromatic rings. The molecule has 100 valence electrons. The summed E-state index contributed by atoms with van der Waals surface area (Å²) in [6.45, 7) is 5.45. The molecular formula is C14H19N5. The Bertz CT molecular complexity index is 525. The maximum absolute atomic E-state index is 5.61. The first-order chi connectivity index (χ1) is 9.31. The summed E-state index contributed by atoms with van der Waals surface area (Å²) in [6.07, 6.45) is 0. The molecule has 3 rings (SSSR count). The van der Waals surface area contributed by atoms with E-state index in [1.807, 2.05) is 6.07 Å². The number of H-pyrrole nitrogens is 1. The second-order valence-corrected chi connectivity index (χ2v) is 4.93. The summed E-state index contributed by atoms with van der Waals surface area (Å²) >= 11 is 0. The fourth-order valence-corrected chi connectivity index (χ4v) is 2.40. The lowest BCUT2D eigenvalue weighted by Crippen LogP contribution is -2.42. The summed E-state index contributed by atoms with van der Waals surface area (Å²) in [7, 11) is 0. The molecule has 0 aliphatic carbocycles. The van der Waals surface area contributed by atoms with Crippen molar-refractivity contribution in [2.45, 2.75) is 6.54 Å². The number of nitrogens with two attached hydrogens (primary N) is 1. The number of hydrogen-bond donors (Lipinski definition) is 3. The summed E-state index contributed by atoms with van der Waals surface area (Å²) in [5.41, 5.74) is 9.04. The normalized spacial score (nSPS) is 16.6. The highest BCUT2D eigenvalue weighted by Gasteiger charge is 2.09. The minimum absolute atomic E-state index is 0.528. The molecule has 1 aliphatic heterocycles. The third kappa shape index (κ3) is 2.94. The van der Waals surface area contributed by atoms with E-state index >= 15 is 0 Å². The van der Waals surface area contributed by atoms with Crippen molar-refractivity contribution in [1.82, 2.24) is 20.4 Å². The lowest BCUT2D eigenvalue weighted by molar-refractivity contribution is 0.233. The maximum Gasteiger partial charge on any atom is 0.145 e. The Balaban J connectivity index is 1.68. The average Bonchev–Trinajstić information content (AvgIpc) is 2.87. The van der Waals surface area contributed by atoms with E-state index in [0.717, 1.165) is 44.0 Å². The van der Waals surface area contributed by atoms with Crippen LogP contribution in [0, 0.1) is 0 Å². The molecule has 1 fully saturated rings. The summed E-state index contributed by atoms with van der Waals surface area (Å²) in [6, 6.07) is 10.4. The van der Waals surface area contributed by atoms with Gasteiger partial charge in [0, 0.05) is 38.8 Å². The van der Waals surface area contributed by atoms with Gasteiger partial charge in [0.15, 0.2) is 0 Å². The van der Waals surface area contributed by atoms with Gasteiger partial charge in [-0.3, -0.25) is 10.00 Å². The third-order valence-electron chi connectivity index (χ3n) is 3.48. The smallest absolute Gasteiger partial charge is 0.145 e. The van der Waals surface area contributed by atoms with Crippen LogP contribution in [-0.2, 0) is 6.54 Å². The molecule has 1 saturated heterocycles. The van der Waals surface area contributed by atoms with Crippen molar-refractivity contribution < 1.29 is 0 Å². The van der Waals surface area contributed by atoms with E-state index in [-0.39, 0.29) is 0 Å². The molecule has 0 atom stereocenters. The Kier molecular flexibility index (Phi) is 3.48. The van der Waals surface area contributed by atoms with Gasteiger partial charge in [-0.25, -0.2) is 0 Å². The zero-order chi connectivity index (χ0) is 13.1. The largest absolute Gasteiger partial charge is 0.382 e. The van der Waals surface area contributed by atoms with Crippen LogP contribution in [0.5, 0.6) is 0 Å². The zero-order valence-corrected chi connectivity index (χ0v) is 10.9. The molecule has 0 radical (unpaired) electrons. The fraction of sp³-hybridized carbons (Fsp3) is 0.357. The molecule has 0 amide bonds. The number of nitrogens with one attached hydrogen (secondary N) is 2.